The number of rotatable bonds is 2. The Kier molecular flexibility index (Phi) is 3.67. The molecule has 2 rings (SSSR count). The summed E-state index contributed by atoms with van der Waals surface area (Å²) in [6.07, 6.45) is 2.23. The number of piperidine rings is 1. The minimum Gasteiger partial charge on any atom is -0.497 e. The van der Waals surface area contributed by atoms with Gasteiger partial charge in [0.05, 0.1) is 7.11 Å². The average Bonchev–Trinajstić information content (AvgIpc) is 2.39. The topological polar surface area (TPSA) is 29.5 Å². The highest BCUT2D eigenvalue weighted by molar-refractivity contribution is 5.94. The predicted molar refractivity (Wildman–Crippen MR) is 67.3 cm³/mol. The van der Waals surface area contributed by atoms with Gasteiger partial charge in [0.25, 0.3) is 5.91 Å². The first-order valence-corrected chi connectivity index (χ1v) is 6.14. The minimum atomic E-state index is 0.138. The number of carbonyl (C=O) groups is 1. The van der Waals surface area contributed by atoms with Crippen LogP contribution in [0.2, 0.25) is 0 Å². The van der Waals surface area contributed by atoms with Gasteiger partial charge in [-0.25, -0.2) is 0 Å². The Morgan fingerprint density at radius 3 is 2.35 bits per heavy atom. The van der Waals surface area contributed by atoms with Gasteiger partial charge in [0.15, 0.2) is 0 Å². The molecule has 1 aliphatic heterocycles. The van der Waals surface area contributed by atoms with Crippen molar-refractivity contribution < 1.29 is 9.53 Å². The van der Waals surface area contributed by atoms with E-state index in [1.54, 1.807) is 7.11 Å². The molecule has 1 aromatic carbocycles. The number of nitrogens with zero attached hydrogens (tertiary/aromatic N) is 1. The van der Waals surface area contributed by atoms with Gasteiger partial charge in [0, 0.05) is 18.7 Å². The second-order valence-corrected chi connectivity index (χ2v) is 4.70. The molecule has 1 aliphatic rings. The number of hydrogen-bond donors (Lipinski definition) is 0. The molecule has 0 bridgehead atoms. The fourth-order valence-corrected chi connectivity index (χ4v) is 2.13. The molecule has 0 N–H and O–H groups in total. The first kappa shape index (κ1) is 12.0. The maximum atomic E-state index is 12.2. The van der Waals surface area contributed by atoms with Gasteiger partial charge in [-0.2, -0.15) is 0 Å². The van der Waals surface area contributed by atoms with Gasteiger partial charge >= 0.3 is 0 Å². The summed E-state index contributed by atoms with van der Waals surface area (Å²) >= 11 is 0. The molecule has 0 saturated carbocycles. The molecule has 1 amide bonds. The third-order valence-corrected chi connectivity index (χ3v) is 3.41. The highest BCUT2D eigenvalue weighted by Gasteiger charge is 2.21. The van der Waals surface area contributed by atoms with E-state index in [0.29, 0.717) is 0 Å². The van der Waals surface area contributed by atoms with Gasteiger partial charge in [-0.3, -0.25) is 4.79 Å². The van der Waals surface area contributed by atoms with Crippen LogP contribution >= 0.6 is 0 Å². The van der Waals surface area contributed by atoms with Crippen molar-refractivity contribution in [2.24, 2.45) is 5.92 Å². The zero-order valence-electron chi connectivity index (χ0n) is 10.5. The largest absolute Gasteiger partial charge is 0.497 e. The second kappa shape index (κ2) is 5.21. The lowest BCUT2D eigenvalue weighted by Gasteiger charge is -2.30. The lowest BCUT2D eigenvalue weighted by Crippen LogP contribution is -2.37. The average molecular weight is 233 g/mol. The molecule has 0 radical (unpaired) electrons. The number of amides is 1. The van der Waals surface area contributed by atoms with Crippen molar-refractivity contribution in [1.82, 2.24) is 4.90 Å². The summed E-state index contributed by atoms with van der Waals surface area (Å²) in [6.45, 7) is 4.01. The number of benzene rings is 1. The Labute approximate surface area is 102 Å². The number of hydrogen-bond acceptors (Lipinski definition) is 2. The monoisotopic (exact) mass is 233 g/mol. The Balaban J connectivity index is 2.03. The molecule has 0 aliphatic carbocycles. The Morgan fingerprint density at radius 1 is 1.24 bits per heavy atom. The summed E-state index contributed by atoms with van der Waals surface area (Å²) in [6, 6.07) is 7.33. The summed E-state index contributed by atoms with van der Waals surface area (Å²) < 4.78 is 5.08. The summed E-state index contributed by atoms with van der Waals surface area (Å²) in [4.78, 5) is 14.1. The Bertz CT molecular complexity index is 378. The summed E-state index contributed by atoms with van der Waals surface area (Å²) in [5.74, 6) is 1.67. The van der Waals surface area contributed by atoms with Crippen molar-refractivity contribution >= 4 is 5.91 Å². The van der Waals surface area contributed by atoms with Crippen LogP contribution in [0.1, 0.15) is 30.1 Å². The lowest BCUT2D eigenvalue weighted by molar-refractivity contribution is 0.0697. The van der Waals surface area contributed by atoms with Crippen molar-refractivity contribution in [2.45, 2.75) is 19.8 Å². The van der Waals surface area contributed by atoms with Gasteiger partial charge in [0.2, 0.25) is 0 Å². The second-order valence-electron chi connectivity index (χ2n) is 4.70. The highest BCUT2D eigenvalue weighted by atomic mass is 16.5. The van der Waals surface area contributed by atoms with E-state index < -0.39 is 0 Å². The molecule has 17 heavy (non-hydrogen) atoms. The smallest absolute Gasteiger partial charge is 0.253 e. The molecule has 1 saturated heterocycles. The van der Waals surface area contributed by atoms with Crippen LogP contribution in [0.3, 0.4) is 0 Å². The van der Waals surface area contributed by atoms with Crippen LogP contribution in [0.5, 0.6) is 5.75 Å². The molecule has 1 aromatic rings. The van der Waals surface area contributed by atoms with Gasteiger partial charge in [-0.15, -0.1) is 0 Å². The van der Waals surface area contributed by atoms with Crippen molar-refractivity contribution in [3.05, 3.63) is 29.8 Å². The molecule has 1 fully saturated rings. The van der Waals surface area contributed by atoms with E-state index in [4.69, 9.17) is 4.74 Å². The molecule has 3 heteroatoms. The molecule has 0 aromatic heterocycles. The minimum absolute atomic E-state index is 0.138. The molecule has 92 valence electrons. The number of likely N-dealkylation sites (tertiary alicyclic amines) is 1. The first-order valence-electron chi connectivity index (χ1n) is 6.14. The number of methoxy groups -OCH3 is 1. The van der Waals surface area contributed by atoms with Crippen LogP contribution in [0, 0.1) is 5.92 Å². The first-order chi connectivity index (χ1) is 8.20. The van der Waals surface area contributed by atoms with Crippen molar-refractivity contribution in [1.29, 1.82) is 0 Å². The maximum Gasteiger partial charge on any atom is 0.253 e. The maximum absolute atomic E-state index is 12.2. The zero-order valence-corrected chi connectivity index (χ0v) is 10.5. The predicted octanol–water partition coefficient (Wildman–Crippen LogP) is 2.57. The van der Waals surface area contributed by atoms with Crippen molar-refractivity contribution in [3.63, 3.8) is 0 Å². The van der Waals surface area contributed by atoms with Crippen LogP contribution in [-0.2, 0) is 0 Å². The standard InChI is InChI=1S/C14H19NO2/c1-11-7-9-15(10-8-11)14(16)12-3-5-13(17-2)6-4-12/h3-6,11H,7-10H2,1-2H3. The summed E-state index contributed by atoms with van der Waals surface area (Å²) in [5, 5.41) is 0. The van der Waals surface area contributed by atoms with E-state index in [-0.39, 0.29) is 5.91 Å². The van der Waals surface area contributed by atoms with Crippen LogP contribution < -0.4 is 4.74 Å². The normalized spacial score (nSPS) is 16.9. The SMILES string of the molecule is COc1ccc(C(=O)N2CCC(C)CC2)cc1. The van der Waals surface area contributed by atoms with Crippen LogP contribution in [-0.4, -0.2) is 31.0 Å². The van der Waals surface area contributed by atoms with Crippen molar-refractivity contribution in [3.8, 4) is 5.75 Å². The third kappa shape index (κ3) is 2.78. The molecule has 0 unspecified atom stereocenters. The zero-order chi connectivity index (χ0) is 12.3. The van der Waals surface area contributed by atoms with Gasteiger partial charge in [-0.1, -0.05) is 6.92 Å². The summed E-state index contributed by atoms with van der Waals surface area (Å²) in [5.41, 5.74) is 0.750. The van der Waals surface area contributed by atoms with Gasteiger partial charge in [-0.05, 0) is 43.0 Å². The fourth-order valence-electron chi connectivity index (χ4n) is 2.13. The van der Waals surface area contributed by atoms with Gasteiger partial charge in [0.1, 0.15) is 5.75 Å². The Morgan fingerprint density at radius 2 is 1.82 bits per heavy atom. The van der Waals surface area contributed by atoms with E-state index in [1.165, 1.54) is 0 Å². The van der Waals surface area contributed by atoms with E-state index in [0.717, 1.165) is 43.2 Å². The van der Waals surface area contributed by atoms with Gasteiger partial charge < -0.3 is 9.64 Å². The van der Waals surface area contributed by atoms with Crippen molar-refractivity contribution in [2.75, 3.05) is 20.2 Å². The van der Waals surface area contributed by atoms with Crippen LogP contribution in [0.15, 0.2) is 24.3 Å². The van der Waals surface area contributed by atoms with E-state index >= 15 is 0 Å². The fraction of sp³-hybridized carbons (Fsp3) is 0.500. The number of ether oxygens (including phenoxy) is 1. The lowest BCUT2D eigenvalue weighted by atomic mass is 9.98. The summed E-state index contributed by atoms with van der Waals surface area (Å²) in [7, 11) is 1.63. The van der Waals surface area contributed by atoms with Crippen LogP contribution in [0.4, 0.5) is 0 Å². The molecule has 0 atom stereocenters. The quantitative estimate of drug-likeness (QED) is 0.785. The van der Waals surface area contributed by atoms with E-state index in [2.05, 4.69) is 6.92 Å². The number of carbonyl (C=O) groups excluding carboxylic acids is 1. The molecular weight excluding hydrogens is 214 g/mol. The molecule has 3 nitrogen and oxygen atoms in total. The molecule has 0 spiro atoms. The van der Waals surface area contributed by atoms with E-state index in [9.17, 15) is 4.79 Å². The third-order valence-electron chi connectivity index (χ3n) is 3.41. The Hall–Kier alpha value is -1.51. The van der Waals surface area contributed by atoms with Crippen LogP contribution in [0.25, 0.3) is 0 Å². The molecule has 1 heterocycles. The van der Waals surface area contributed by atoms with E-state index in [1.807, 2.05) is 29.2 Å². The highest BCUT2D eigenvalue weighted by Crippen LogP contribution is 2.19. The molecular formula is C14H19NO2.